The molecule has 1 saturated heterocycles. The molecule has 2 aromatic carbocycles. The van der Waals surface area contributed by atoms with Crippen molar-refractivity contribution in [1.29, 1.82) is 0 Å². The summed E-state index contributed by atoms with van der Waals surface area (Å²) in [5.41, 5.74) is 1.29. The van der Waals surface area contributed by atoms with Crippen LogP contribution in [0.15, 0.2) is 54.6 Å². The van der Waals surface area contributed by atoms with E-state index >= 15 is 0 Å². The number of aromatic hydroxyl groups is 1. The van der Waals surface area contributed by atoms with Crippen LogP contribution in [0.5, 0.6) is 5.75 Å². The minimum Gasteiger partial charge on any atom is -0.508 e. The molecule has 0 aliphatic carbocycles. The smallest absolute Gasteiger partial charge is 0.326 e. The third-order valence-electron chi connectivity index (χ3n) is 6.35. The molecule has 0 saturated carbocycles. The fraction of sp³-hybridized carbons (Fsp3) is 0.407. The predicted molar refractivity (Wildman–Crippen MR) is 138 cm³/mol. The number of phenolic OH excluding ortho intramolecular Hbond substituents is 1. The highest BCUT2D eigenvalue weighted by Gasteiger charge is 2.33. The van der Waals surface area contributed by atoms with Crippen molar-refractivity contribution >= 4 is 23.7 Å². The van der Waals surface area contributed by atoms with Gasteiger partial charge in [0, 0.05) is 12.8 Å². The van der Waals surface area contributed by atoms with Gasteiger partial charge < -0.3 is 36.6 Å². The lowest BCUT2D eigenvalue weighted by molar-refractivity contribution is -0.142. The van der Waals surface area contributed by atoms with Crippen LogP contribution in [-0.4, -0.2) is 75.8 Å². The van der Waals surface area contributed by atoms with Crippen LogP contribution in [0.3, 0.4) is 0 Å². The molecule has 11 nitrogen and oxygen atoms in total. The molecule has 1 aliphatic heterocycles. The number of nitrogens with one attached hydrogen (secondary N) is 4. The maximum Gasteiger partial charge on any atom is 0.326 e. The van der Waals surface area contributed by atoms with E-state index in [2.05, 4.69) is 21.3 Å². The van der Waals surface area contributed by atoms with Crippen LogP contribution in [0.1, 0.15) is 30.9 Å². The second kappa shape index (κ2) is 13.5. The summed E-state index contributed by atoms with van der Waals surface area (Å²) in [6.07, 6.45) is 0.154. The van der Waals surface area contributed by atoms with E-state index in [-0.39, 0.29) is 18.6 Å². The molecule has 2 aromatic rings. The Balaban J connectivity index is 1.77. The van der Waals surface area contributed by atoms with Crippen molar-refractivity contribution < 1.29 is 34.5 Å². The van der Waals surface area contributed by atoms with Gasteiger partial charge in [-0.1, -0.05) is 42.5 Å². The fourth-order valence-electron chi connectivity index (χ4n) is 4.23. The minimum absolute atomic E-state index is 0.0185. The number of hydrogen-bond donors (Lipinski definition) is 7. The molecule has 1 heterocycles. The van der Waals surface area contributed by atoms with Gasteiger partial charge in [-0.2, -0.15) is 0 Å². The fourth-order valence-corrected chi connectivity index (χ4v) is 4.23. The Bertz CT molecular complexity index is 1100. The van der Waals surface area contributed by atoms with E-state index in [1.165, 1.54) is 19.1 Å². The molecule has 1 fully saturated rings. The highest BCUT2D eigenvalue weighted by Crippen LogP contribution is 2.13. The lowest BCUT2D eigenvalue weighted by Gasteiger charge is -2.26. The predicted octanol–water partition coefficient (Wildman–Crippen LogP) is -0.151. The first-order valence-electron chi connectivity index (χ1n) is 12.5. The van der Waals surface area contributed by atoms with Gasteiger partial charge in [-0.15, -0.1) is 0 Å². The van der Waals surface area contributed by atoms with E-state index in [0.717, 1.165) is 6.42 Å². The lowest BCUT2D eigenvalue weighted by atomic mass is 10.0. The zero-order chi connectivity index (χ0) is 27.7. The summed E-state index contributed by atoms with van der Waals surface area (Å²) < 4.78 is 0. The molecule has 0 spiro atoms. The average molecular weight is 527 g/mol. The third-order valence-corrected chi connectivity index (χ3v) is 6.35. The average Bonchev–Trinajstić information content (AvgIpc) is 3.43. The number of carboxylic acid groups (broad SMARTS) is 1. The van der Waals surface area contributed by atoms with E-state index < -0.39 is 54.0 Å². The highest BCUT2D eigenvalue weighted by molar-refractivity contribution is 5.94. The second-order valence-corrected chi connectivity index (χ2v) is 9.40. The molecule has 1 aliphatic rings. The summed E-state index contributed by atoms with van der Waals surface area (Å²) in [5, 5.41) is 40.1. The van der Waals surface area contributed by atoms with Crippen molar-refractivity contribution in [3.05, 3.63) is 65.7 Å². The number of hydrogen-bond acceptors (Lipinski definition) is 7. The Kier molecular flexibility index (Phi) is 10.2. The minimum atomic E-state index is -1.33. The molecule has 0 aromatic heterocycles. The first-order chi connectivity index (χ1) is 18.1. The number of rotatable bonds is 12. The van der Waals surface area contributed by atoms with Crippen molar-refractivity contribution in [3.63, 3.8) is 0 Å². The van der Waals surface area contributed by atoms with E-state index in [1.54, 1.807) is 42.5 Å². The monoisotopic (exact) mass is 526 g/mol. The van der Waals surface area contributed by atoms with E-state index in [1.807, 2.05) is 0 Å². The molecular weight excluding hydrogens is 492 g/mol. The summed E-state index contributed by atoms with van der Waals surface area (Å²) in [6.45, 7) is 2.02. The summed E-state index contributed by atoms with van der Waals surface area (Å²) >= 11 is 0. The Labute approximate surface area is 220 Å². The number of aliphatic hydroxyl groups is 1. The number of amides is 3. The standard InChI is InChI=1S/C27H34N4O7/c1-16(32)23(31-24(34)20-8-5-13-28-20)26(36)29-21(14-18-9-11-19(33)12-10-18)25(35)30-22(27(37)38)15-17-6-3-2-4-7-17/h2-4,6-7,9-12,16,20-23,28,32-33H,5,8,13-15H2,1H3,(H,29,36)(H,30,35)(H,31,34)(H,37,38). The molecule has 7 N–H and O–H groups in total. The highest BCUT2D eigenvalue weighted by atomic mass is 16.4. The zero-order valence-corrected chi connectivity index (χ0v) is 21.1. The van der Waals surface area contributed by atoms with Crippen molar-refractivity contribution in [2.45, 2.75) is 62.9 Å². The number of carbonyl (C=O) groups excluding carboxylic acids is 3. The molecule has 3 rings (SSSR count). The number of carbonyl (C=O) groups is 4. The first-order valence-corrected chi connectivity index (χ1v) is 12.5. The van der Waals surface area contributed by atoms with E-state index in [9.17, 15) is 34.5 Å². The summed E-state index contributed by atoms with van der Waals surface area (Å²) in [6, 6.07) is 10.5. The van der Waals surface area contributed by atoms with Gasteiger partial charge in [0.25, 0.3) is 0 Å². The maximum atomic E-state index is 13.3. The van der Waals surface area contributed by atoms with Gasteiger partial charge in [0.05, 0.1) is 12.1 Å². The summed E-state index contributed by atoms with van der Waals surface area (Å²) in [4.78, 5) is 50.9. The van der Waals surface area contributed by atoms with Gasteiger partial charge in [-0.05, 0) is 49.6 Å². The van der Waals surface area contributed by atoms with Crippen molar-refractivity contribution in [1.82, 2.24) is 21.3 Å². The van der Waals surface area contributed by atoms with Crippen LogP contribution in [0.4, 0.5) is 0 Å². The molecular formula is C27H34N4O7. The Hall–Kier alpha value is -3.96. The van der Waals surface area contributed by atoms with Crippen molar-refractivity contribution in [3.8, 4) is 5.75 Å². The third kappa shape index (κ3) is 8.29. The van der Waals surface area contributed by atoms with Gasteiger partial charge in [0.2, 0.25) is 17.7 Å². The molecule has 3 amide bonds. The zero-order valence-electron chi connectivity index (χ0n) is 21.1. The van der Waals surface area contributed by atoms with Crippen molar-refractivity contribution in [2.75, 3.05) is 6.54 Å². The second-order valence-electron chi connectivity index (χ2n) is 9.40. The quantitative estimate of drug-likeness (QED) is 0.200. The number of carboxylic acids is 1. The number of aliphatic hydroxyl groups excluding tert-OH is 1. The van der Waals surface area contributed by atoms with Crippen LogP contribution in [0.25, 0.3) is 0 Å². The topological polar surface area (TPSA) is 177 Å². The molecule has 5 atom stereocenters. The summed E-state index contributed by atoms with van der Waals surface area (Å²) in [7, 11) is 0. The molecule has 0 radical (unpaired) electrons. The van der Waals surface area contributed by atoms with Gasteiger partial charge in [-0.25, -0.2) is 4.79 Å². The van der Waals surface area contributed by atoms with Crippen molar-refractivity contribution in [2.24, 2.45) is 0 Å². The Morgan fingerprint density at radius 3 is 2.08 bits per heavy atom. The van der Waals surface area contributed by atoms with Crippen LogP contribution < -0.4 is 21.3 Å². The van der Waals surface area contributed by atoms with Gasteiger partial charge in [-0.3, -0.25) is 14.4 Å². The molecule has 0 bridgehead atoms. The molecule has 204 valence electrons. The van der Waals surface area contributed by atoms with Crippen LogP contribution in [-0.2, 0) is 32.0 Å². The maximum absolute atomic E-state index is 13.3. The van der Waals surface area contributed by atoms with Gasteiger partial charge in [0.1, 0.15) is 23.9 Å². The largest absolute Gasteiger partial charge is 0.508 e. The first kappa shape index (κ1) is 28.6. The molecule has 38 heavy (non-hydrogen) atoms. The SMILES string of the molecule is CC(O)C(NC(=O)C1CCCN1)C(=O)NC(Cc1ccc(O)cc1)C(=O)NC(Cc1ccccc1)C(=O)O. The van der Waals surface area contributed by atoms with Crippen LogP contribution in [0.2, 0.25) is 0 Å². The van der Waals surface area contributed by atoms with Crippen LogP contribution in [0, 0.1) is 0 Å². The Morgan fingerprint density at radius 1 is 0.895 bits per heavy atom. The van der Waals surface area contributed by atoms with Gasteiger partial charge in [0.15, 0.2) is 0 Å². The van der Waals surface area contributed by atoms with E-state index in [4.69, 9.17) is 0 Å². The normalized spacial score (nSPS) is 18.0. The van der Waals surface area contributed by atoms with Gasteiger partial charge >= 0.3 is 5.97 Å². The Morgan fingerprint density at radius 2 is 1.50 bits per heavy atom. The molecule has 5 unspecified atom stereocenters. The number of phenols is 1. The van der Waals surface area contributed by atoms with E-state index in [0.29, 0.717) is 24.1 Å². The van der Waals surface area contributed by atoms with Crippen LogP contribution >= 0.6 is 0 Å². The molecule has 11 heteroatoms. The summed E-state index contributed by atoms with van der Waals surface area (Å²) in [5.74, 6) is -3.19. The number of benzene rings is 2. The lowest BCUT2D eigenvalue weighted by Crippen LogP contribution is -2.60. The number of aliphatic carboxylic acids is 1.